The minimum Gasteiger partial charge on any atom is -0.310 e. The van der Waals surface area contributed by atoms with Gasteiger partial charge in [0.25, 0.3) is 0 Å². The van der Waals surface area contributed by atoms with E-state index in [-0.39, 0.29) is 0 Å². The van der Waals surface area contributed by atoms with Crippen LogP contribution in [0.3, 0.4) is 0 Å². The Morgan fingerprint density at radius 2 is 0.879 bits per heavy atom. The molecular formula is C62H38N4. The Hall–Kier alpha value is -8.73. The highest BCUT2D eigenvalue weighted by molar-refractivity contribution is 6.15. The molecule has 1 aliphatic carbocycles. The standard InChI is InChI=1S/C62H38N4/c1-4-16-39(17-5-1)54-34-31-41-28-29-42-32-35-55(64-61(42)60(41)63-54)43-30-33-47-48-38-58-53(37-49(48)59(65-56(47)36-43)40-18-6-2-7-19-40)62(50-24-12-10-22-45(50)46-23-11-13-25-51(46)62)52-26-14-15-27-57(52)66(58)44-20-8-3-9-21-44/h1-38H. The van der Waals surface area contributed by atoms with Crippen molar-refractivity contribution in [2.75, 3.05) is 4.90 Å². The highest BCUT2D eigenvalue weighted by atomic mass is 15.2. The molecule has 4 heterocycles. The van der Waals surface area contributed by atoms with E-state index in [0.717, 1.165) is 88.6 Å². The van der Waals surface area contributed by atoms with E-state index in [1.807, 2.05) is 6.07 Å². The van der Waals surface area contributed by atoms with Crippen LogP contribution in [0.4, 0.5) is 17.1 Å². The van der Waals surface area contributed by atoms with Crippen LogP contribution in [0.15, 0.2) is 231 Å². The molecule has 0 radical (unpaired) electrons. The van der Waals surface area contributed by atoms with Crippen molar-refractivity contribution < 1.29 is 0 Å². The van der Waals surface area contributed by atoms with Crippen LogP contribution in [-0.2, 0) is 5.41 Å². The van der Waals surface area contributed by atoms with Gasteiger partial charge < -0.3 is 4.90 Å². The number of rotatable bonds is 4. The Labute approximate surface area is 381 Å². The lowest BCUT2D eigenvalue weighted by molar-refractivity contribution is 0.754. The number of hydrogen-bond donors (Lipinski definition) is 0. The van der Waals surface area contributed by atoms with Gasteiger partial charge in [0, 0.05) is 43.9 Å². The molecule has 1 spiro atoms. The summed E-state index contributed by atoms with van der Waals surface area (Å²) in [5.74, 6) is 0. The van der Waals surface area contributed by atoms with Crippen molar-refractivity contribution >= 4 is 60.5 Å². The fourth-order valence-electron chi connectivity index (χ4n) is 11.1. The Bertz CT molecular complexity index is 3890. The zero-order chi connectivity index (χ0) is 43.3. The largest absolute Gasteiger partial charge is 0.310 e. The van der Waals surface area contributed by atoms with Crippen molar-refractivity contribution in [1.82, 2.24) is 15.0 Å². The first-order valence-corrected chi connectivity index (χ1v) is 22.6. The molecule has 0 unspecified atom stereocenters. The Balaban J connectivity index is 1.05. The third-order valence-corrected chi connectivity index (χ3v) is 14.0. The van der Waals surface area contributed by atoms with Crippen molar-refractivity contribution in [1.29, 1.82) is 0 Å². The van der Waals surface area contributed by atoms with E-state index in [0.29, 0.717) is 0 Å². The van der Waals surface area contributed by atoms with Gasteiger partial charge in [0.05, 0.1) is 50.4 Å². The van der Waals surface area contributed by atoms with E-state index in [9.17, 15) is 0 Å². The molecule has 2 aliphatic rings. The molecule has 3 aromatic heterocycles. The fraction of sp³-hybridized carbons (Fsp3) is 0.0161. The van der Waals surface area contributed by atoms with Crippen LogP contribution in [0.2, 0.25) is 0 Å². The quantitative estimate of drug-likeness (QED) is 0.166. The molecule has 9 aromatic carbocycles. The molecule has 0 saturated carbocycles. The van der Waals surface area contributed by atoms with Crippen molar-refractivity contribution in [3.05, 3.63) is 253 Å². The molecule has 0 amide bonds. The summed E-state index contributed by atoms with van der Waals surface area (Å²) in [6, 6.07) is 83.3. The molecule has 12 aromatic rings. The normalized spacial score (nSPS) is 13.2. The second kappa shape index (κ2) is 14.1. The predicted octanol–water partition coefficient (Wildman–Crippen LogP) is 15.6. The lowest BCUT2D eigenvalue weighted by atomic mass is 9.64. The second-order valence-corrected chi connectivity index (χ2v) is 17.5. The van der Waals surface area contributed by atoms with Gasteiger partial charge in [-0.2, -0.15) is 0 Å². The van der Waals surface area contributed by atoms with Gasteiger partial charge in [0.2, 0.25) is 0 Å². The van der Waals surface area contributed by atoms with Crippen molar-refractivity contribution in [3.8, 4) is 44.9 Å². The van der Waals surface area contributed by atoms with Crippen LogP contribution < -0.4 is 4.90 Å². The van der Waals surface area contributed by atoms with Crippen molar-refractivity contribution in [3.63, 3.8) is 0 Å². The molecule has 0 atom stereocenters. The third kappa shape index (κ3) is 5.24. The number of anilines is 3. The van der Waals surface area contributed by atoms with Gasteiger partial charge in [0.15, 0.2) is 0 Å². The first-order chi connectivity index (χ1) is 32.7. The van der Waals surface area contributed by atoms with Crippen LogP contribution in [0.1, 0.15) is 22.3 Å². The molecule has 66 heavy (non-hydrogen) atoms. The predicted molar refractivity (Wildman–Crippen MR) is 272 cm³/mol. The van der Waals surface area contributed by atoms with Gasteiger partial charge >= 0.3 is 0 Å². The van der Waals surface area contributed by atoms with Crippen molar-refractivity contribution in [2.45, 2.75) is 5.41 Å². The average Bonchev–Trinajstić information content (AvgIpc) is 3.69. The molecule has 4 heteroatoms. The van der Waals surface area contributed by atoms with Crippen LogP contribution in [0.5, 0.6) is 0 Å². The molecule has 4 nitrogen and oxygen atoms in total. The average molecular weight is 839 g/mol. The summed E-state index contributed by atoms with van der Waals surface area (Å²) in [6.45, 7) is 0. The maximum absolute atomic E-state index is 5.64. The number of para-hydroxylation sites is 2. The van der Waals surface area contributed by atoms with Crippen LogP contribution in [0, 0.1) is 0 Å². The highest BCUT2D eigenvalue weighted by Crippen LogP contribution is 2.64. The smallest absolute Gasteiger partial charge is 0.0972 e. The van der Waals surface area contributed by atoms with Gasteiger partial charge in [-0.05, 0) is 87.3 Å². The Morgan fingerprint density at radius 1 is 0.333 bits per heavy atom. The van der Waals surface area contributed by atoms with E-state index in [1.165, 1.54) is 39.1 Å². The summed E-state index contributed by atoms with van der Waals surface area (Å²) < 4.78 is 0. The number of hydrogen-bond acceptors (Lipinski definition) is 4. The molecule has 0 bridgehead atoms. The molecule has 14 rings (SSSR count). The van der Waals surface area contributed by atoms with E-state index in [1.54, 1.807) is 0 Å². The second-order valence-electron chi connectivity index (χ2n) is 17.5. The monoisotopic (exact) mass is 838 g/mol. The molecule has 0 saturated heterocycles. The molecule has 306 valence electrons. The summed E-state index contributed by atoms with van der Waals surface area (Å²) in [5.41, 5.74) is 19.1. The first-order valence-electron chi connectivity index (χ1n) is 22.6. The molecule has 0 fully saturated rings. The summed E-state index contributed by atoms with van der Waals surface area (Å²) in [4.78, 5) is 18.7. The van der Waals surface area contributed by atoms with Gasteiger partial charge in [-0.3, -0.25) is 0 Å². The van der Waals surface area contributed by atoms with E-state index in [2.05, 4.69) is 229 Å². The number of fused-ring (bicyclic) bond motifs is 15. The maximum Gasteiger partial charge on any atom is 0.0972 e. The lowest BCUT2D eigenvalue weighted by Crippen LogP contribution is -2.36. The number of pyridine rings is 3. The van der Waals surface area contributed by atoms with Crippen molar-refractivity contribution in [2.24, 2.45) is 0 Å². The van der Waals surface area contributed by atoms with Gasteiger partial charge in [-0.25, -0.2) is 15.0 Å². The van der Waals surface area contributed by atoms with E-state index >= 15 is 0 Å². The number of benzene rings is 9. The fourth-order valence-corrected chi connectivity index (χ4v) is 11.1. The summed E-state index contributed by atoms with van der Waals surface area (Å²) in [7, 11) is 0. The van der Waals surface area contributed by atoms with Crippen LogP contribution in [0.25, 0.3) is 88.4 Å². The highest BCUT2D eigenvalue weighted by Gasteiger charge is 2.51. The SMILES string of the molecule is c1ccc(-c2ccc3ccc4ccc(-c5ccc6c(c5)nc(-c5ccccc5)c5cc7c(cc56)N(c5ccccc5)c5ccccc5C75c6ccccc6-c6ccccc65)nc4c3n2)cc1. The lowest BCUT2D eigenvalue weighted by Gasteiger charge is -2.45. The number of aromatic nitrogens is 3. The number of nitrogens with zero attached hydrogens (tertiary/aromatic N) is 4. The van der Waals surface area contributed by atoms with E-state index in [4.69, 9.17) is 15.0 Å². The summed E-state index contributed by atoms with van der Waals surface area (Å²) >= 11 is 0. The molecular weight excluding hydrogens is 801 g/mol. The Kier molecular flexibility index (Phi) is 7.87. The summed E-state index contributed by atoms with van der Waals surface area (Å²) in [6.07, 6.45) is 0. The van der Waals surface area contributed by atoms with E-state index < -0.39 is 5.41 Å². The first kappa shape index (κ1) is 36.7. The minimum absolute atomic E-state index is 0.575. The maximum atomic E-state index is 5.64. The Morgan fingerprint density at radius 3 is 1.55 bits per heavy atom. The molecule has 1 aliphatic heterocycles. The van der Waals surface area contributed by atoms with Gasteiger partial charge in [-0.15, -0.1) is 0 Å². The minimum atomic E-state index is -0.575. The zero-order valence-electron chi connectivity index (χ0n) is 35.7. The van der Waals surface area contributed by atoms with Crippen LogP contribution >= 0.6 is 0 Å². The third-order valence-electron chi connectivity index (χ3n) is 14.0. The van der Waals surface area contributed by atoms with Gasteiger partial charge in [-0.1, -0.05) is 182 Å². The van der Waals surface area contributed by atoms with Crippen LogP contribution in [-0.4, -0.2) is 15.0 Å². The zero-order valence-corrected chi connectivity index (χ0v) is 35.7. The topological polar surface area (TPSA) is 41.9 Å². The summed E-state index contributed by atoms with van der Waals surface area (Å²) in [5, 5.41) is 5.47. The van der Waals surface area contributed by atoms with Gasteiger partial charge in [0.1, 0.15) is 0 Å². The molecule has 0 N–H and O–H groups in total.